The first kappa shape index (κ1) is 17.6. The topological polar surface area (TPSA) is 44.8 Å². The molecule has 0 aliphatic carbocycles. The van der Waals surface area contributed by atoms with Crippen LogP contribution < -0.4 is 0 Å². The highest BCUT2D eigenvalue weighted by Gasteiger charge is 2.06. The van der Waals surface area contributed by atoms with Crippen LogP contribution in [0.25, 0.3) is 0 Å². The van der Waals surface area contributed by atoms with Crippen LogP contribution in [-0.4, -0.2) is 45.4 Å². The summed E-state index contributed by atoms with van der Waals surface area (Å²) in [7, 11) is 0. The molecular formula is C14H28O4. The van der Waals surface area contributed by atoms with Gasteiger partial charge in [0, 0.05) is 12.5 Å². The van der Waals surface area contributed by atoms with E-state index in [0.29, 0.717) is 32.3 Å². The third-order valence-electron chi connectivity index (χ3n) is 2.47. The van der Waals surface area contributed by atoms with Crippen molar-refractivity contribution in [3.63, 3.8) is 0 Å². The molecule has 0 aromatic carbocycles. The zero-order valence-electron chi connectivity index (χ0n) is 12.2. The molecule has 0 aromatic rings. The Kier molecular flexibility index (Phi) is 11.3. The van der Waals surface area contributed by atoms with Gasteiger partial charge < -0.3 is 14.2 Å². The fourth-order valence-corrected chi connectivity index (χ4v) is 1.10. The van der Waals surface area contributed by atoms with Crippen LogP contribution in [-0.2, 0) is 19.0 Å². The molecule has 0 saturated carbocycles. The summed E-state index contributed by atoms with van der Waals surface area (Å²) in [5, 5.41) is 0. The SMILES string of the molecule is CC(C)CCOCCOCCOCC(=O)C(C)C. The third-order valence-corrected chi connectivity index (χ3v) is 2.47. The summed E-state index contributed by atoms with van der Waals surface area (Å²) in [6.07, 6.45) is 1.08. The number of hydrogen-bond donors (Lipinski definition) is 0. The number of Topliss-reactive ketones (excluding diaryl/α,β-unsaturated/α-hetero) is 1. The summed E-state index contributed by atoms with van der Waals surface area (Å²) in [6, 6.07) is 0. The molecule has 0 heterocycles. The summed E-state index contributed by atoms with van der Waals surface area (Å²) in [6.45, 7) is 11.3. The third kappa shape index (κ3) is 12.0. The molecule has 0 fully saturated rings. The van der Waals surface area contributed by atoms with E-state index in [1.165, 1.54) is 0 Å². The second-order valence-corrected chi connectivity index (χ2v) is 5.08. The lowest BCUT2D eigenvalue weighted by molar-refractivity contribution is -0.127. The lowest BCUT2D eigenvalue weighted by Gasteiger charge is -2.08. The van der Waals surface area contributed by atoms with E-state index >= 15 is 0 Å². The molecule has 0 atom stereocenters. The van der Waals surface area contributed by atoms with E-state index in [-0.39, 0.29) is 18.3 Å². The molecular weight excluding hydrogens is 232 g/mol. The van der Waals surface area contributed by atoms with Crippen molar-refractivity contribution in [1.82, 2.24) is 0 Å². The van der Waals surface area contributed by atoms with Crippen molar-refractivity contribution in [3.05, 3.63) is 0 Å². The summed E-state index contributed by atoms with van der Waals surface area (Å²) in [5.74, 6) is 0.852. The molecule has 0 aliphatic rings. The van der Waals surface area contributed by atoms with E-state index in [1.807, 2.05) is 13.8 Å². The Hall–Kier alpha value is -0.450. The van der Waals surface area contributed by atoms with Gasteiger partial charge >= 0.3 is 0 Å². The molecule has 0 bridgehead atoms. The van der Waals surface area contributed by atoms with Gasteiger partial charge in [-0.25, -0.2) is 0 Å². The Morgan fingerprint density at radius 1 is 0.833 bits per heavy atom. The minimum Gasteiger partial charge on any atom is -0.379 e. The van der Waals surface area contributed by atoms with E-state index in [2.05, 4.69) is 13.8 Å². The van der Waals surface area contributed by atoms with E-state index in [1.54, 1.807) is 0 Å². The minimum absolute atomic E-state index is 0.0419. The van der Waals surface area contributed by atoms with Crippen molar-refractivity contribution < 1.29 is 19.0 Å². The quantitative estimate of drug-likeness (QED) is 0.505. The fraction of sp³-hybridized carbons (Fsp3) is 0.929. The zero-order chi connectivity index (χ0) is 13.8. The number of carbonyl (C=O) groups is 1. The molecule has 0 radical (unpaired) electrons. The van der Waals surface area contributed by atoms with Crippen molar-refractivity contribution in [2.24, 2.45) is 11.8 Å². The summed E-state index contributed by atoms with van der Waals surface area (Å²) < 4.78 is 15.9. The van der Waals surface area contributed by atoms with Gasteiger partial charge in [0.2, 0.25) is 0 Å². The Morgan fingerprint density at radius 2 is 1.33 bits per heavy atom. The van der Waals surface area contributed by atoms with Gasteiger partial charge in [0.05, 0.1) is 26.4 Å². The summed E-state index contributed by atoms with van der Waals surface area (Å²) in [4.78, 5) is 11.2. The average molecular weight is 260 g/mol. The molecule has 108 valence electrons. The van der Waals surface area contributed by atoms with Crippen molar-refractivity contribution in [1.29, 1.82) is 0 Å². The average Bonchev–Trinajstić information content (AvgIpc) is 2.30. The predicted octanol–water partition coefficient (Wildman–Crippen LogP) is 2.31. The Bertz CT molecular complexity index is 202. The van der Waals surface area contributed by atoms with Crippen LogP contribution in [0.1, 0.15) is 34.1 Å². The van der Waals surface area contributed by atoms with Crippen LogP contribution in [0.3, 0.4) is 0 Å². The molecule has 4 nitrogen and oxygen atoms in total. The van der Waals surface area contributed by atoms with Crippen LogP contribution in [0.15, 0.2) is 0 Å². The fourth-order valence-electron chi connectivity index (χ4n) is 1.10. The first-order valence-electron chi connectivity index (χ1n) is 6.80. The first-order valence-corrected chi connectivity index (χ1v) is 6.80. The van der Waals surface area contributed by atoms with Crippen LogP contribution in [0.4, 0.5) is 0 Å². The van der Waals surface area contributed by atoms with Crippen LogP contribution in [0, 0.1) is 11.8 Å². The van der Waals surface area contributed by atoms with Gasteiger partial charge in [-0.1, -0.05) is 27.7 Å². The van der Waals surface area contributed by atoms with Gasteiger partial charge in [0.25, 0.3) is 0 Å². The largest absolute Gasteiger partial charge is 0.379 e. The highest BCUT2D eigenvalue weighted by molar-refractivity contribution is 5.81. The molecule has 0 unspecified atom stereocenters. The van der Waals surface area contributed by atoms with E-state index in [0.717, 1.165) is 13.0 Å². The van der Waals surface area contributed by atoms with Gasteiger partial charge in [-0.3, -0.25) is 4.79 Å². The van der Waals surface area contributed by atoms with Gasteiger partial charge in [-0.2, -0.15) is 0 Å². The van der Waals surface area contributed by atoms with Crippen LogP contribution in [0.5, 0.6) is 0 Å². The lowest BCUT2D eigenvalue weighted by Crippen LogP contribution is -2.17. The van der Waals surface area contributed by atoms with Gasteiger partial charge in [-0.05, 0) is 12.3 Å². The number of rotatable bonds is 12. The molecule has 0 saturated heterocycles. The molecule has 0 rings (SSSR count). The zero-order valence-corrected chi connectivity index (χ0v) is 12.2. The molecule has 0 N–H and O–H groups in total. The lowest BCUT2D eigenvalue weighted by atomic mass is 10.1. The van der Waals surface area contributed by atoms with Crippen molar-refractivity contribution in [2.45, 2.75) is 34.1 Å². The highest BCUT2D eigenvalue weighted by Crippen LogP contribution is 1.98. The molecule has 0 amide bonds. The smallest absolute Gasteiger partial charge is 0.160 e. The maximum atomic E-state index is 11.2. The molecule has 4 heteroatoms. The Labute approximate surface area is 111 Å². The second kappa shape index (κ2) is 11.6. The van der Waals surface area contributed by atoms with Gasteiger partial charge in [-0.15, -0.1) is 0 Å². The van der Waals surface area contributed by atoms with Crippen LogP contribution in [0.2, 0.25) is 0 Å². The monoisotopic (exact) mass is 260 g/mol. The van der Waals surface area contributed by atoms with Crippen molar-refractivity contribution in [2.75, 3.05) is 39.6 Å². The van der Waals surface area contributed by atoms with Crippen molar-refractivity contribution in [3.8, 4) is 0 Å². The van der Waals surface area contributed by atoms with E-state index in [9.17, 15) is 4.79 Å². The van der Waals surface area contributed by atoms with E-state index < -0.39 is 0 Å². The molecule has 0 aliphatic heterocycles. The van der Waals surface area contributed by atoms with E-state index in [4.69, 9.17) is 14.2 Å². The highest BCUT2D eigenvalue weighted by atomic mass is 16.5. The van der Waals surface area contributed by atoms with Crippen molar-refractivity contribution >= 4 is 5.78 Å². The molecule has 0 aromatic heterocycles. The summed E-state index contributed by atoms with van der Waals surface area (Å²) in [5.41, 5.74) is 0. The standard InChI is InChI=1S/C14H28O4/c1-12(2)5-6-16-7-8-17-9-10-18-11-14(15)13(3)4/h12-13H,5-11H2,1-4H3. The minimum atomic E-state index is 0.0419. The first-order chi connectivity index (χ1) is 8.54. The molecule has 18 heavy (non-hydrogen) atoms. The van der Waals surface area contributed by atoms with Crippen LogP contribution >= 0.6 is 0 Å². The number of ether oxygens (including phenoxy) is 3. The number of carbonyl (C=O) groups excluding carboxylic acids is 1. The Balaban J connectivity index is 3.10. The Morgan fingerprint density at radius 3 is 1.83 bits per heavy atom. The maximum absolute atomic E-state index is 11.2. The predicted molar refractivity (Wildman–Crippen MR) is 71.8 cm³/mol. The van der Waals surface area contributed by atoms with Gasteiger partial charge in [0.1, 0.15) is 6.61 Å². The normalized spacial score (nSPS) is 11.4. The second-order valence-electron chi connectivity index (χ2n) is 5.08. The summed E-state index contributed by atoms with van der Waals surface area (Å²) >= 11 is 0. The number of hydrogen-bond acceptors (Lipinski definition) is 4. The maximum Gasteiger partial charge on any atom is 0.160 e. The number of ketones is 1. The molecule has 0 spiro atoms. The van der Waals surface area contributed by atoms with Gasteiger partial charge in [0.15, 0.2) is 5.78 Å².